The highest BCUT2D eigenvalue weighted by atomic mass is 31.2. The number of hydrogen-bond donors (Lipinski definition) is 0. The predicted octanol–water partition coefficient (Wildman–Crippen LogP) is 18.1. The summed E-state index contributed by atoms with van der Waals surface area (Å²) < 4.78 is 11.9. The summed E-state index contributed by atoms with van der Waals surface area (Å²) in [5, 5.41) is 0. The van der Waals surface area contributed by atoms with Crippen molar-refractivity contribution < 1.29 is 32.7 Å². The molecule has 0 fully saturated rings. The Balaban J connectivity index is 0.00000107. The van der Waals surface area contributed by atoms with E-state index in [0.717, 1.165) is 33.1 Å². The first kappa shape index (κ1) is 74.7. The van der Waals surface area contributed by atoms with Crippen molar-refractivity contribution in [3.8, 4) is 0 Å². The summed E-state index contributed by atoms with van der Waals surface area (Å²) in [6, 6.07) is 32.7. The van der Waals surface area contributed by atoms with E-state index in [4.69, 9.17) is 19.2 Å². The molecule has 3 aromatic rings. The predicted molar refractivity (Wildman–Crippen MR) is 332 cm³/mol. The van der Waals surface area contributed by atoms with Crippen LogP contribution in [0, 0.1) is 0 Å². The lowest BCUT2D eigenvalue weighted by atomic mass is 10.1. The van der Waals surface area contributed by atoms with Gasteiger partial charge in [-0.1, -0.05) is 304 Å². The van der Waals surface area contributed by atoms with E-state index < -0.39 is 7.82 Å². The Morgan fingerprint density at radius 1 is 0.273 bits per heavy atom. The van der Waals surface area contributed by atoms with Crippen LogP contribution in [-0.4, -0.2) is 75.4 Å². The van der Waals surface area contributed by atoms with E-state index in [1.165, 1.54) is 267 Å². The van der Waals surface area contributed by atoms with Gasteiger partial charge < -0.3 is 32.7 Å². The third-order valence-corrected chi connectivity index (χ3v) is 15.2. The minimum Gasteiger partial charge on any atom is -0.822 e. The summed E-state index contributed by atoms with van der Waals surface area (Å²) >= 11 is 0. The highest BCUT2D eigenvalue weighted by Gasteiger charge is 2.17. The van der Waals surface area contributed by atoms with Gasteiger partial charge in [-0.15, -0.1) is 0 Å². The van der Waals surface area contributed by atoms with E-state index in [1.54, 1.807) is 0 Å². The lowest BCUT2D eigenvalue weighted by molar-refractivity contribution is -0.903. The molecule has 77 heavy (non-hydrogen) atoms. The van der Waals surface area contributed by atoms with Gasteiger partial charge in [-0.2, -0.15) is 7.82 Å². The largest absolute Gasteiger partial charge is 0.822 e. The van der Waals surface area contributed by atoms with Gasteiger partial charge in [0.05, 0.1) is 61.9 Å². The van der Waals surface area contributed by atoms with E-state index >= 15 is 0 Å². The molecule has 0 aliphatic carbocycles. The zero-order valence-electron chi connectivity index (χ0n) is 52.3. The first-order valence-corrected chi connectivity index (χ1v) is 33.7. The minimum atomic E-state index is -5.39. The molecule has 0 aromatic heterocycles. The number of rotatable bonds is 45. The van der Waals surface area contributed by atoms with Crippen molar-refractivity contribution in [2.75, 3.05) is 61.9 Å². The van der Waals surface area contributed by atoms with Crippen molar-refractivity contribution in [2.24, 2.45) is 0 Å². The van der Waals surface area contributed by atoms with E-state index in [0.29, 0.717) is 0 Å². The van der Waals surface area contributed by atoms with Crippen LogP contribution in [-0.2, 0) is 24.2 Å². The van der Waals surface area contributed by atoms with E-state index in [1.807, 2.05) is 0 Å². The van der Waals surface area contributed by atoms with Gasteiger partial charge in [-0.05, 0) is 38.5 Å². The summed E-state index contributed by atoms with van der Waals surface area (Å²) in [5.74, 6) is 0. The second-order valence-electron chi connectivity index (χ2n) is 25.0. The lowest BCUT2D eigenvalue weighted by Gasteiger charge is -2.36. The zero-order valence-corrected chi connectivity index (χ0v) is 53.2. The standard InChI is InChI=1S/3C23H42N.H3O4P/c3*1-4-5-6-7-8-9-10-11-12-13-14-18-21-24(2,3)22-23-19-16-15-17-20-23;1-5(2,3)4/h3*15-17,19-20H,4-14,18,21-22H2,1-3H3;(H3,1,2,3,4)/q3*+1;/p-3. The Labute approximate surface area is 479 Å². The normalized spacial score (nSPS) is 11.8. The average molecular weight is 1090 g/mol. The number of quaternary nitrogens is 3. The van der Waals surface area contributed by atoms with Gasteiger partial charge in [0, 0.05) is 16.7 Å². The Morgan fingerprint density at radius 2 is 0.416 bits per heavy atom. The molecule has 0 N–H and O–H groups in total. The molecule has 0 bridgehead atoms. The van der Waals surface area contributed by atoms with Crippen LogP contribution in [0.5, 0.6) is 0 Å². The molecule has 7 nitrogen and oxygen atoms in total. The lowest BCUT2D eigenvalue weighted by Crippen LogP contribution is -2.39. The Morgan fingerprint density at radius 3 is 0.571 bits per heavy atom. The quantitative estimate of drug-likeness (QED) is 0.0321. The molecule has 0 saturated carbocycles. The van der Waals surface area contributed by atoms with Crippen molar-refractivity contribution >= 4 is 7.82 Å². The molecule has 0 saturated heterocycles. The molecule has 446 valence electrons. The fourth-order valence-corrected chi connectivity index (χ4v) is 10.6. The van der Waals surface area contributed by atoms with E-state index in [9.17, 15) is 0 Å². The molecule has 0 aliphatic heterocycles. The molecule has 0 atom stereocenters. The van der Waals surface area contributed by atoms with Gasteiger partial charge >= 0.3 is 0 Å². The Kier molecular flexibility index (Phi) is 49.1. The van der Waals surface area contributed by atoms with Gasteiger partial charge in [0.1, 0.15) is 19.6 Å². The molecule has 3 aromatic carbocycles. The monoisotopic (exact) mass is 1090 g/mol. The van der Waals surface area contributed by atoms with Crippen molar-refractivity contribution in [1.82, 2.24) is 0 Å². The smallest absolute Gasteiger partial charge is 0.104 e. The number of benzene rings is 3. The topological polar surface area (TPSA) is 86.2 Å². The average Bonchev–Trinajstić information content (AvgIpc) is 3.38. The SMILES string of the molecule is CCCCCCCCCCCCCC[N+](C)(C)Cc1ccccc1.CCCCCCCCCCCCCC[N+](C)(C)Cc1ccccc1.CCCCCCCCCCCCCC[N+](C)(C)Cc1ccccc1.O=P([O-])([O-])[O-]. The Bertz CT molecular complexity index is 1510. The molecule has 0 spiro atoms. The fourth-order valence-electron chi connectivity index (χ4n) is 10.6. The maximum absolute atomic E-state index is 8.55. The molecule has 8 heteroatoms. The molecule has 0 radical (unpaired) electrons. The van der Waals surface area contributed by atoms with Crippen LogP contribution in [0.1, 0.15) is 269 Å². The van der Waals surface area contributed by atoms with Crippen LogP contribution >= 0.6 is 7.82 Å². The van der Waals surface area contributed by atoms with Crippen molar-refractivity contribution in [2.45, 2.75) is 272 Å². The first-order chi connectivity index (χ1) is 36.9. The number of nitrogens with zero attached hydrogens (tertiary/aromatic N) is 3. The fraction of sp³-hybridized carbons (Fsp3) is 0.739. The van der Waals surface area contributed by atoms with Crippen molar-refractivity contribution in [3.05, 3.63) is 108 Å². The summed E-state index contributed by atoms with van der Waals surface area (Å²) in [5.41, 5.74) is 4.38. The van der Waals surface area contributed by atoms with E-state index in [2.05, 4.69) is 154 Å². The molecule has 0 unspecified atom stereocenters. The van der Waals surface area contributed by atoms with Gasteiger partial charge in [0.15, 0.2) is 0 Å². The second kappa shape index (κ2) is 50.6. The minimum absolute atomic E-state index is 1.11. The summed E-state index contributed by atoms with van der Waals surface area (Å²) in [7, 11) is 8.81. The highest BCUT2D eigenvalue weighted by Crippen LogP contribution is 2.18. The molecule has 3 rings (SSSR count). The van der Waals surface area contributed by atoms with Gasteiger partial charge in [-0.25, -0.2) is 0 Å². The molecule has 0 heterocycles. The number of hydrogen-bond acceptors (Lipinski definition) is 4. The molecule has 0 aliphatic rings. The maximum Gasteiger partial charge on any atom is 0.104 e. The van der Waals surface area contributed by atoms with Gasteiger partial charge in [-0.3, -0.25) is 0 Å². The van der Waals surface area contributed by atoms with Crippen LogP contribution in [0.4, 0.5) is 0 Å². The van der Waals surface area contributed by atoms with Gasteiger partial charge in [0.25, 0.3) is 0 Å². The van der Waals surface area contributed by atoms with Crippen LogP contribution in [0.15, 0.2) is 91.0 Å². The molecular weight excluding hydrogens is 966 g/mol. The summed E-state index contributed by atoms with van der Waals surface area (Å²) in [4.78, 5) is 25.6. The van der Waals surface area contributed by atoms with Crippen molar-refractivity contribution in [1.29, 1.82) is 0 Å². The van der Waals surface area contributed by atoms with Crippen LogP contribution in [0.25, 0.3) is 0 Å². The van der Waals surface area contributed by atoms with Gasteiger partial charge in [0.2, 0.25) is 0 Å². The maximum atomic E-state index is 8.55. The van der Waals surface area contributed by atoms with Crippen LogP contribution < -0.4 is 14.7 Å². The van der Waals surface area contributed by atoms with Crippen LogP contribution in [0.3, 0.4) is 0 Å². The van der Waals surface area contributed by atoms with Crippen LogP contribution in [0.2, 0.25) is 0 Å². The second-order valence-corrected chi connectivity index (χ2v) is 25.9. The zero-order chi connectivity index (χ0) is 57.0. The third kappa shape index (κ3) is 56.7. The summed E-state index contributed by atoms with van der Waals surface area (Å²) in [6.07, 6.45) is 51.6. The molecule has 0 amide bonds. The Hall–Kier alpha value is -2.35. The van der Waals surface area contributed by atoms with E-state index in [-0.39, 0.29) is 0 Å². The highest BCUT2D eigenvalue weighted by molar-refractivity contribution is 7.40. The number of unbranched alkanes of at least 4 members (excludes halogenated alkanes) is 33. The van der Waals surface area contributed by atoms with Crippen molar-refractivity contribution in [3.63, 3.8) is 0 Å². The summed E-state index contributed by atoms with van der Waals surface area (Å²) in [6.45, 7) is 14.2. The number of phosphoric acid groups is 1. The third-order valence-electron chi connectivity index (χ3n) is 15.2. The molecular formula is C69H126N3O4P. The first-order valence-electron chi connectivity index (χ1n) is 32.2.